The average molecular weight is 552 g/mol. The molecule has 0 nitrogen and oxygen atoms in total. The van der Waals surface area contributed by atoms with Crippen LogP contribution >= 0.6 is 0 Å². The van der Waals surface area contributed by atoms with E-state index in [1.54, 1.807) is 0 Å². The second kappa shape index (κ2) is 15.7. The number of rotatable bonds is 0. The molecule has 0 aliphatic carbocycles. The molecule has 2 radical (unpaired) electrons. The number of hydrogen-bond acceptors (Lipinski definition) is 0. The third kappa shape index (κ3) is 9.61. The Morgan fingerprint density at radius 2 is 1.00 bits per heavy atom. The first-order valence-corrected chi connectivity index (χ1v) is 0. The van der Waals surface area contributed by atoms with Crippen LogP contribution in [-0.2, 0) is 53.8 Å². The first-order valence-electron chi connectivity index (χ1n) is 0. The molecule has 16 valence electrons. The van der Waals surface area contributed by atoms with Crippen molar-refractivity contribution in [1.82, 2.24) is 0 Å². The van der Waals surface area contributed by atoms with Gasteiger partial charge in [0.25, 0.3) is 0 Å². The molecule has 0 aliphatic rings. The van der Waals surface area contributed by atoms with Gasteiger partial charge in [-0.3, -0.25) is 0 Å². The smallest absolute Gasteiger partial charge is 0 e. The Kier molecular flexibility index (Phi) is 93.2. The van der Waals surface area contributed by atoms with Crippen molar-refractivity contribution in [2.75, 3.05) is 0 Å². The van der Waals surface area contributed by atoms with Gasteiger partial charge in [-0.05, 0) is 0 Å². The van der Waals surface area contributed by atoms with E-state index in [4.69, 9.17) is 0 Å². The van der Waals surface area contributed by atoms with E-state index in [0.717, 1.165) is 0 Å². The molecule has 0 aromatic carbocycles. The molecule has 0 amide bonds. The van der Waals surface area contributed by atoms with Gasteiger partial charge in [-0.2, -0.15) is 0 Å². The van der Waals surface area contributed by atoms with Gasteiger partial charge in [-0.25, -0.2) is 0 Å². The largest absolute Gasteiger partial charge is 0 e. The van der Waals surface area contributed by atoms with Crippen molar-refractivity contribution >= 4 is 0 Å². The molecule has 0 spiro atoms. The molecule has 0 aliphatic heterocycles. The van der Waals surface area contributed by atoms with Gasteiger partial charge >= 0.3 is 0 Å². The maximum Gasteiger partial charge on any atom is 0 e. The Morgan fingerprint density at radius 1 is 1.00 bits per heavy atom. The second-order valence-corrected chi connectivity index (χ2v) is 0. The fraction of sp³-hybridized carbons (Fsp3) is 0. The van der Waals surface area contributed by atoms with Crippen LogP contribution in [-0.4, -0.2) is 0 Å². The standard InChI is InChI=1S/Ce.La.W.Y. The molecule has 0 atom stereocenters. The van der Waals surface area contributed by atoms with Crippen LogP contribution in [0.3, 0.4) is 0 Å². The third-order valence-corrected chi connectivity index (χ3v) is 0. The van der Waals surface area contributed by atoms with E-state index < -0.39 is 0 Å². The van der Waals surface area contributed by atoms with Crippen molar-refractivity contribution in [3.05, 3.63) is 0 Å². The first kappa shape index (κ1) is 23.8. The molecule has 0 saturated carbocycles. The minimum atomic E-state index is 0. The van der Waals surface area contributed by atoms with Crippen molar-refractivity contribution in [3.63, 3.8) is 0 Å². The third-order valence-electron chi connectivity index (χ3n) is 0. The Bertz CT molecular complexity index is 8.00. The molecule has 4 heavy (non-hydrogen) atoms. The van der Waals surface area contributed by atoms with Crippen molar-refractivity contribution in [3.8, 4) is 0 Å². The van der Waals surface area contributed by atoms with E-state index in [0.29, 0.717) is 0 Å². The first-order chi connectivity index (χ1) is 0. The Morgan fingerprint density at radius 3 is 1.00 bits per heavy atom. The summed E-state index contributed by atoms with van der Waals surface area (Å²) < 4.78 is 0. The van der Waals surface area contributed by atoms with Crippen molar-refractivity contribution < 1.29 is 131 Å². The summed E-state index contributed by atoms with van der Waals surface area (Å²) in [6, 6.07) is 0. The molecule has 0 unspecified atom stereocenters. The van der Waals surface area contributed by atoms with Crippen LogP contribution < -0.4 is 0 Å². The summed E-state index contributed by atoms with van der Waals surface area (Å²) in [6.07, 6.45) is 0. The maximum absolute atomic E-state index is 0. The quantitative estimate of drug-likeness (QED) is 0.398. The van der Waals surface area contributed by atoms with E-state index in [1.807, 2.05) is 0 Å². The van der Waals surface area contributed by atoms with E-state index >= 15 is 0 Å². The summed E-state index contributed by atoms with van der Waals surface area (Å²) in [7, 11) is 0. The summed E-state index contributed by atoms with van der Waals surface area (Å²) in [5.74, 6) is 0. The van der Waals surface area contributed by atoms with Crippen molar-refractivity contribution in [2.45, 2.75) is 0 Å². The van der Waals surface area contributed by atoms with Crippen LogP contribution in [0.4, 0.5) is 0 Å². The van der Waals surface area contributed by atoms with Gasteiger partial charge in [-0.15, -0.1) is 0 Å². The predicted molar refractivity (Wildman–Crippen MR) is 0 cm³/mol. The molecule has 0 heterocycles. The summed E-state index contributed by atoms with van der Waals surface area (Å²) in [6.45, 7) is 0. The molecule has 0 N–H and O–H groups in total. The Hall–Kier alpha value is 4.36. The zero-order chi connectivity index (χ0) is 0. The van der Waals surface area contributed by atoms with Crippen LogP contribution in [0.1, 0.15) is 0 Å². The molecule has 0 saturated heterocycles. The maximum atomic E-state index is 0. The molecular weight excluding hydrogens is 552 g/mol. The van der Waals surface area contributed by atoms with Gasteiger partial charge in [0, 0.05) is 131 Å². The van der Waals surface area contributed by atoms with E-state index in [-0.39, 0.29) is 131 Å². The predicted octanol–water partition coefficient (Wildman–Crippen LogP) is -0.00500. The molecule has 4 heteroatoms. The zero-order valence-electron chi connectivity index (χ0n) is 2.06. The minimum absolute atomic E-state index is 0. The van der Waals surface area contributed by atoms with Gasteiger partial charge in [0.15, 0.2) is 0 Å². The fourth-order valence-corrected chi connectivity index (χ4v) is 0. The van der Waals surface area contributed by atoms with Crippen LogP contribution in [0.25, 0.3) is 0 Å². The van der Waals surface area contributed by atoms with Gasteiger partial charge in [0.05, 0.1) is 0 Å². The summed E-state index contributed by atoms with van der Waals surface area (Å²) in [5.41, 5.74) is 0. The molecule has 0 bridgehead atoms. The normalized spacial score (nSPS) is 0. The van der Waals surface area contributed by atoms with Gasteiger partial charge < -0.3 is 0 Å². The molecular formula is CeLaWY. The average Bonchev–Trinajstić information content (AvgIpc) is 0. The Balaban J connectivity index is 0. The minimum Gasteiger partial charge on any atom is 0 e. The molecule has 0 fully saturated rings. The van der Waals surface area contributed by atoms with Gasteiger partial charge in [0.1, 0.15) is 0 Å². The van der Waals surface area contributed by atoms with E-state index in [2.05, 4.69) is 0 Å². The van der Waals surface area contributed by atoms with Gasteiger partial charge in [-0.1, -0.05) is 0 Å². The summed E-state index contributed by atoms with van der Waals surface area (Å²) in [5, 5.41) is 0. The molecule has 0 aromatic rings. The van der Waals surface area contributed by atoms with Gasteiger partial charge in [0.2, 0.25) is 0 Å². The summed E-state index contributed by atoms with van der Waals surface area (Å²) in [4.78, 5) is 0. The second-order valence-electron chi connectivity index (χ2n) is 0. The topological polar surface area (TPSA) is 0 Å². The fourth-order valence-electron chi connectivity index (χ4n) is 0. The SMILES string of the molecule is [Ce].[La].[W].[Y]. The monoisotopic (exact) mass is 552 g/mol. The van der Waals surface area contributed by atoms with Crippen LogP contribution in [0.15, 0.2) is 0 Å². The van der Waals surface area contributed by atoms with Crippen LogP contribution in [0.2, 0.25) is 0 Å². The van der Waals surface area contributed by atoms with E-state index in [9.17, 15) is 0 Å². The van der Waals surface area contributed by atoms with Crippen LogP contribution in [0, 0.1) is 77.3 Å². The Labute approximate surface area is 127 Å². The number of hydrogen-bond donors (Lipinski definition) is 0. The van der Waals surface area contributed by atoms with Crippen molar-refractivity contribution in [2.24, 2.45) is 0 Å². The molecule has 0 aromatic heterocycles. The van der Waals surface area contributed by atoms with Crippen molar-refractivity contribution in [1.29, 1.82) is 0 Å². The van der Waals surface area contributed by atoms with Crippen LogP contribution in [0.5, 0.6) is 0 Å². The zero-order valence-corrected chi connectivity index (χ0v) is 14.6. The molecule has 0 rings (SSSR count). The summed E-state index contributed by atoms with van der Waals surface area (Å²) >= 11 is 0. The van der Waals surface area contributed by atoms with E-state index in [1.165, 1.54) is 0 Å².